The first kappa shape index (κ1) is 11.2. The first-order valence-electron chi connectivity index (χ1n) is 3.98. The molecule has 0 saturated carbocycles. The quantitative estimate of drug-likeness (QED) is 0.526. The molecule has 0 aliphatic rings. The zero-order chi connectivity index (χ0) is 9.12. The summed E-state index contributed by atoms with van der Waals surface area (Å²) >= 11 is 3.60. The number of carbonyl (C=O) groups excluding carboxylic acids is 1. The third-order valence-electron chi connectivity index (χ3n) is 1.88. The first-order valence-corrected chi connectivity index (χ1v) is 4.77. The van der Waals surface area contributed by atoms with Crippen molar-refractivity contribution in [2.24, 2.45) is 5.41 Å². The molecule has 0 aromatic carbocycles. The predicted octanol–water partition coefficient (Wildman–Crippen LogP) is 3.17. The monoisotopic (exact) mass is 220 g/mol. The van der Waals surface area contributed by atoms with Gasteiger partial charge in [-0.25, -0.2) is 0 Å². The number of rotatable bonds is 4. The van der Waals surface area contributed by atoms with E-state index in [-0.39, 0.29) is 9.74 Å². The van der Waals surface area contributed by atoms with Crippen molar-refractivity contribution in [3.05, 3.63) is 0 Å². The molecule has 0 N–H and O–H groups in total. The molecule has 0 saturated heterocycles. The predicted molar refractivity (Wildman–Crippen MR) is 52.1 cm³/mol. The van der Waals surface area contributed by atoms with Crippen LogP contribution in [0.25, 0.3) is 0 Å². The van der Waals surface area contributed by atoms with Gasteiger partial charge in [0.2, 0.25) is 0 Å². The molecule has 0 aliphatic heterocycles. The summed E-state index contributed by atoms with van der Waals surface area (Å²) in [6, 6.07) is 0. The van der Waals surface area contributed by atoms with Gasteiger partial charge in [0.1, 0.15) is 6.29 Å². The van der Waals surface area contributed by atoms with Crippen LogP contribution in [0.5, 0.6) is 0 Å². The second kappa shape index (κ2) is 3.70. The highest BCUT2D eigenvalue weighted by molar-refractivity contribution is 9.10. The molecule has 1 atom stereocenters. The van der Waals surface area contributed by atoms with Gasteiger partial charge in [0.15, 0.2) is 0 Å². The third-order valence-corrected chi connectivity index (χ3v) is 2.72. The molecule has 1 unspecified atom stereocenters. The van der Waals surface area contributed by atoms with Crippen LogP contribution in [0.1, 0.15) is 40.5 Å². The fourth-order valence-electron chi connectivity index (χ4n) is 1.12. The summed E-state index contributed by atoms with van der Waals surface area (Å²) < 4.78 is 0.109. The Hall–Kier alpha value is 0.150. The van der Waals surface area contributed by atoms with Gasteiger partial charge in [-0.15, -0.1) is 0 Å². The van der Waals surface area contributed by atoms with E-state index in [1.165, 1.54) is 0 Å². The van der Waals surface area contributed by atoms with Crippen LogP contribution in [0.3, 0.4) is 0 Å². The van der Waals surface area contributed by atoms with E-state index in [1.54, 1.807) is 0 Å². The van der Waals surface area contributed by atoms with E-state index in [1.807, 2.05) is 13.8 Å². The SMILES string of the molecule is CCC(C)(Br)CC(C)(C)C=O. The molecule has 0 rings (SSSR count). The smallest absolute Gasteiger partial charge is 0.125 e. The van der Waals surface area contributed by atoms with Gasteiger partial charge in [0.25, 0.3) is 0 Å². The largest absolute Gasteiger partial charge is 0.303 e. The average Bonchev–Trinajstić information content (AvgIpc) is 1.86. The Morgan fingerprint density at radius 2 is 1.82 bits per heavy atom. The Morgan fingerprint density at radius 3 is 2.09 bits per heavy atom. The maximum absolute atomic E-state index is 10.6. The minimum Gasteiger partial charge on any atom is -0.303 e. The molecular weight excluding hydrogens is 204 g/mol. The zero-order valence-corrected chi connectivity index (χ0v) is 9.36. The van der Waals surface area contributed by atoms with Crippen molar-refractivity contribution in [3.8, 4) is 0 Å². The van der Waals surface area contributed by atoms with Crippen LogP contribution in [0, 0.1) is 5.41 Å². The highest BCUT2D eigenvalue weighted by Gasteiger charge is 2.28. The van der Waals surface area contributed by atoms with Gasteiger partial charge >= 0.3 is 0 Å². The van der Waals surface area contributed by atoms with Gasteiger partial charge in [0.05, 0.1) is 0 Å². The molecule has 0 aliphatic carbocycles. The number of aldehydes is 1. The van der Waals surface area contributed by atoms with Crippen molar-refractivity contribution in [2.45, 2.75) is 44.9 Å². The van der Waals surface area contributed by atoms with Gasteiger partial charge in [-0.1, -0.05) is 36.7 Å². The van der Waals surface area contributed by atoms with E-state index in [0.717, 1.165) is 19.1 Å². The second-order valence-electron chi connectivity index (χ2n) is 4.05. The number of hydrogen-bond acceptors (Lipinski definition) is 1. The maximum Gasteiger partial charge on any atom is 0.125 e. The highest BCUT2D eigenvalue weighted by atomic mass is 79.9. The lowest BCUT2D eigenvalue weighted by atomic mass is 9.84. The first-order chi connectivity index (χ1) is 4.83. The van der Waals surface area contributed by atoms with E-state index in [9.17, 15) is 4.79 Å². The van der Waals surface area contributed by atoms with Crippen molar-refractivity contribution in [1.29, 1.82) is 0 Å². The summed E-state index contributed by atoms with van der Waals surface area (Å²) in [5.74, 6) is 0. The summed E-state index contributed by atoms with van der Waals surface area (Å²) in [7, 11) is 0. The average molecular weight is 221 g/mol. The number of carbonyl (C=O) groups is 1. The summed E-state index contributed by atoms with van der Waals surface area (Å²) in [6.07, 6.45) is 2.96. The van der Waals surface area contributed by atoms with Crippen LogP contribution < -0.4 is 0 Å². The molecule has 0 bridgehead atoms. The van der Waals surface area contributed by atoms with Crippen LogP contribution in [-0.4, -0.2) is 10.6 Å². The lowest BCUT2D eigenvalue weighted by Gasteiger charge is -2.28. The molecule has 0 aromatic rings. The van der Waals surface area contributed by atoms with Crippen LogP contribution >= 0.6 is 15.9 Å². The summed E-state index contributed by atoms with van der Waals surface area (Å²) in [4.78, 5) is 10.6. The standard InChI is InChI=1S/C9H17BrO/c1-5-9(4,10)6-8(2,3)7-11/h7H,5-6H2,1-4H3. The van der Waals surface area contributed by atoms with Crippen LogP contribution in [0.15, 0.2) is 0 Å². The molecule has 1 nitrogen and oxygen atoms in total. The van der Waals surface area contributed by atoms with Gasteiger partial charge in [0, 0.05) is 9.74 Å². The van der Waals surface area contributed by atoms with Crippen molar-refractivity contribution in [3.63, 3.8) is 0 Å². The second-order valence-corrected chi connectivity index (χ2v) is 5.96. The third kappa shape index (κ3) is 4.57. The molecule has 2 heteroatoms. The Morgan fingerprint density at radius 1 is 1.36 bits per heavy atom. The van der Waals surface area contributed by atoms with E-state index >= 15 is 0 Å². The minimum atomic E-state index is -0.200. The molecule has 0 aromatic heterocycles. The van der Waals surface area contributed by atoms with Gasteiger partial charge in [-0.3, -0.25) is 0 Å². The van der Waals surface area contributed by atoms with Crippen LogP contribution in [0.2, 0.25) is 0 Å². The Balaban J connectivity index is 4.12. The summed E-state index contributed by atoms with van der Waals surface area (Å²) in [6.45, 7) is 8.18. The molecule has 0 radical (unpaired) electrons. The molecular formula is C9H17BrO. The fraction of sp³-hybridized carbons (Fsp3) is 0.889. The van der Waals surface area contributed by atoms with Gasteiger partial charge in [-0.2, -0.15) is 0 Å². The van der Waals surface area contributed by atoms with Crippen molar-refractivity contribution >= 4 is 22.2 Å². The van der Waals surface area contributed by atoms with E-state index in [2.05, 4.69) is 29.8 Å². The lowest BCUT2D eigenvalue weighted by molar-refractivity contribution is -0.115. The molecule has 0 heterocycles. The lowest BCUT2D eigenvalue weighted by Crippen LogP contribution is -2.26. The number of alkyl halides is 1. The van der Waals surface area contributed by atoms with Crippen molar-refractivity contribution < 1.29 is 4.79 Å². The Bertz CT molecular complexity index is 138. The van der Waals surface area contributed by atoms with E-state index in [0.29, 0.717) is 0 Å². The van der Waals surface area contributed by atoms with Crippen molar-refractivity contribution in [2.75, 3.05) is 0 Å². The molecule has 0 spiro atoms. The van der Waals surface area contributed by atoms with Crippen molar-refractivity contribution in [1.82, 2.24) is 0 Å². The summed E-state index contributed by atoms with van der Waals surface area (Å²) in [5, 5.41) is 0. The maximum atomic E-state index is 10.6. The van der Waals surface area contributed by atoms with E-state index in [4.69, 9.17) is 0 Å². The van der Waals surface area contributed by atoms with Crippen LogP contribution in [0.4, 0.5) is 0 Å². The topological polar surface area (TPSA) is 17.1 Å². The molecule has 0 amide bonds. The molecule has 0 fully saturated rings. The van der Waals surface area contributed by atoms with Gasteiger partial charge in [-0.05, 0) is 19.8 Å². The zero-order valence-electron chi connectivity index (χ0n) is 7.78. The minimum absolute atomic E-state index is 0.109. The Kier molecular flexibility index (Phi) is 3.75. The Labute approximate surface area is 77.7 Å². The van der Waals surface area contributed by atoms with Crippen LogP contribution in [-0.2, 0) is 4.79 Å². The fourth-order valence-corrected chi connectivity index (χ4v) is 1.84. The molecule has 66 valence electrons. The normalized spacial score (nSPS) is 17.5. The molecule has 11 heavy (non-hydrogen) atoms. The van der Waals surface area contributed by atoms with E-state index < -0.39 is 0 Å². The number of hydrogen-bond donors (Lipinski definition) is 0. The van der Waals surface area contributed by atoms with Gasteiger partial charge < -0.3 is 4.79 Å². The highest BCUT2D eigenvalue weighted by Crippen LogP contribution is 2.34. The summed E-state index contributed by atoms with van der Waals surface area (Å²) in [5.41, 5.74) is -0.200. The number of halogens is 1.